The molecule has 0 atom stereocenters. The van der Waals surface area contributed by atoms with Crippen molar-refractivity contribution in [3.63, 3.8) is 0 Å². The van der Waals surface area contributed by atoms with E-state index in [4.69, 9.17) is 0 Å². The fourth-order valence-electron chi connectivity index (χ4n) is 2.25. The Morgan fingerprint density at radius 1 is 1.20 bits per heavy atom. The molecule has 0 spiro atoms. The Morgan fingerprint density at radius 3 is 2.00 bits per heavy atom. The molecule has 0 bridgehead atoms. The Morgan fingerprint density at radius 2 is 1.67 bits per heavy atom. The van der Waals surface area contributed by atoms with Gasteiger partial charge in [0.2, 0.25) is 5.91 Å². The minimum Gasteiger partial charge on any atom is -0.353 e. The van der Waals surface area contributed by atoms with Crippen molar-refractivity contribution in [1.82, 2.24) is 5.32 Å². The third kappa shape index (κ3) is 3.51. The van der Waals surface area contributed by atoms with E-state index < -0.39 is 0 Å². The van der Waals surface area contributed by atoms with Crippen LogP contribution in [0.25, 0.3) is 0 Å². The first kappa shape index (κ1) is 11.0. The minimum absolute atomic E-state index is 0.113. The molecule has 2 aliphatic carbocycles. The predicted octanol–water partition coefficient (Wildman–Crippen LogP) is 2.73. The maximum Gasteiger partial charge on any atom is 0.220 e. The summed E-state index contributed by atoms with van der Waals surface area (Å²) >= 11 is 0. The van der Waals surface area contributed by atoms with Crippen molar-refractivity contribution in [2.75, 3.05) is 0 Å². The average Bonchev–Trinajstić information content (AvgIpc) is 2.92. The fraction of sp³-hybridized carbons (Fsp3) is 0.923. The van der Waals surface area contributed by atoms with E-state index in [2.05, 4.69) is 26.1 Å². The molecule has 2 saturated carbocycles. The number of amides is 1. The summed E-state index contributed by atoms with van der Waals surface area (Å²) in [6, 6.07) is 0.514. The summed E-state index contributed by atoms with van der Waals surface area (Å²) in [7, 11) is 0. The highest BCUT2D eigenvalue weighted by molar-refractivity contribution is 5.77. The second kappa shape index (κ2) is 3.80. The quantitative estimate of drug-likeness (QED) is 0.758. The number of hydrogen-bond donors (Lipinski definition) is 1. The van der Waals surface area contributed by atoms with E-state index in [1.807, 2.05) is 0 Å². The third-order valence-electron chi connectivity index (χ3n) is 3.28. The van der Waals surface area contributed by atoms with Crippen molar-refractivity contribution < 1.29 is 4.79 Å². The van der Waals surface area contributed by atoms with Gasteiger partial charge in [0.05, 0.1) is 0 Å². The Bertz CT molecular complexity index is 234. The van der Waals surface area contributed by atoms with Crippen LogP contribution in [0.2, 0.25) is 0 Å². The molecule has 1 amide bonds. The van der Waals surface area contributed by atoms with Crippen molar-refractivity contribution in [2.24, 2.45) is 17.3 Å². The standard InChI is InChI=1S/C13H23NO/c1-13(2,3)8-11(15)14-12(9-4-5-9)10-6-7-10/h9-10,12H,4-8H2,1-3H3,(H,14,15). The molecule has 0 saturated heterocycles. The zero-order valence-electron chi connectivity index (χ0n) is 10.2. The Labute approximate surface area is 92.8 Å². The molecule has 2 fully saturated rings. The van der Waals surface area contributed by atoms with Crippen molar-refractivity contribution in [1.29, 1.82) is 0 Å². The van der Waals surface area contributed by atoms with Crippen molar-refractivity contribution in [3.8, 4) is 0 Å². The summed E-state index contributed by atoms with van der Waals surface area (Å²) in [5.74, 6) is 1.87. The first-order chi connectivity index (χ1) is 6.96. The Hall–Kier alpha value is -0.530. The van der Waals surface area contributed by atoms with Gasteiger partial charge in [-0.1, -0.05) is 20.8 Å². The molecule has 0 unspecified atom stereocenters. The second-order valence-corrected chi connectivity index (χ2v) is 6.51. The largest absolute Gasteiger partial charge is 0.353 e. The molecule has 0 aromatic rings. The number of carbonyl (C=O) groups is 1. The number of hydrogen-bond acceptors (Lipinski definition) is 1. The summed E-state index contributed by atoms with van der Waals surface area (Å²) in [5, 5.41) is 3.26. The third-order valence-corrected chi connectivity index (χ3v) is 3.28. The zero-order valence-corrected chi connectivity index (χ0v) is 10.2. The number of rotatable bonds is 4. The van der Waals surface area contributed by atoms with E-state index in [9.17, 15) is 4.79 Å². The highest BCUT2D eigenvalue weighted by atomic mass is 16.1. The van der Waals surface area contributed by atoms with Gasteiger partial charge in [0, 0.05) is 12.5 Å². The first-order valence-electron chi connectivity index (χ1n) is 6.25. The van der Waals surface area contributed by atoms with Gasteiger partial charge < -0.3 is 5.32 Å². The van der Waals surface area contributed by atoms with Crippen LogP contribution >= 0.6 is 0 Å². The summed E-state index contributed by atoms with van der Waals surface area (Å²) in [4.78, 5) is 11.8. The normalized spacial score (nSPS) is 21.9. The highest BCUT2D eigenvalue weighted by Crippen LogP contribution is 2.44. The molecular weight excluding hydrogens is 186 g/mol. The van der Waals surface area contributed by atoms with Gasteiger partial charge in [-0.05, 0) is 42.9 Å². The van der Waals surface area contributed by atoms with Crippen LogP contribution in [0.4, 0.5) is 0 Å². The molecule has 2 aliphatic rings. The van der Waals surface area contributed by atoms with Crippen LogP contribution in [-0.2, 0) is 4.79 Å². The van der Waals surface area contributed by atoms with E-state index >= 15 is 0 Å². The molecule has 0 heterocycles. The molecular formula is C13H23NO. The Kier molecular flexibility index (Phi) is 2.78. The smallest absolute Gasteiger partial charge is 0.220 e. The molecule has 0 radical (unpaired) electrons. The van der Waals surface area contributed by atoms with Crippen LogP contribution in [0.3, 0.4) is 0 Å². The van der Waals surface area contributed by atoms with Gasteiger partial charge >= 0.3 is 0 Å². The minimum atomic E-state index is 0.113. The summed E-state index contributed by atoms with van der Waals surface area (Å²) in [5.41, 5.74) is 0.113. The van der Waals surface area contributed by atoms with Gasteiger partial charge in [-0.2, -0.15) is 0 Å². The highest BCUT2D eigenvalue weighted by Gasteiger charge is 2.42. The lowest BCUT2D eigenvalue weighted by Crippen LogP contribution is -2.39. The molecule has 0 aromatic carbocycles. The van der Waals surface area contributed by atoms with Crippen LogP contribution < -0.4 is 5.32 Å². The van der Waals surface area contributed by atoms with E-state index in [0.717, 1.165) is 11.8 Å². The molecule has 1 N–H and O–H groups in total. The van der Waals surface area contributed by atoms with E-state index in [0.29, 0.717) is 12.5 Å². The van der Waals surface area contributed by atoms with Crippen molar-refractivity contribution in [2.45, 2.75) is 58.9 Å². The summed E-state index contributed by atoms with van der Waals surface area (Å²) in [6.07, 6.45) is 5.98. The lowest BCUT2D eigenvalue weighted by atomic mass is 9.91. The maximum atomic E-state index is 11.8. The molecule has 0 aromatic heterocycles. The lowest BCUT2D eigenvalue weighted by molar-refractivity contribution is -0.123. The van der Waals surface area contributed by atoms with Gasteiger partial charge in [-0.25, -0.2) is 0 Å². The van der Waals surface area contributed by atoms with Gasteiger partial charge in [0.1, 0.15) is 0 Å². The van der Waals surface area contributed by atoms with Crippen molar-refractivity contribution >= 4 is 5.91 Å². The summed E-state index contributed by atoms with van der Waals surface area (Å²) < 4.78 is 0. The molecule has 2 nitrogen and oxygen atoms in total. The SMILES string of the molecule is CC(C)(C)CC(=O)NC(C1CC1)C1CC1. The Balaban J connectivity index is 1.80. The lowest BCUT2D eigenvalue weighted by Gasteiger charge is -2.22. The van der Waals surface area contributed by atoms with Gasteiger partial charge in [0.25, 0.3) is 0 Å². The molecule has 86 valence electrons. The van der Waals surface area contributed by atoms with Gasteiger partial charge in [0.15, 0.2) is 0 Å². The second-order valence-electron chi connectivity index (χ2n) is 6.51. The van der Waals surface area contributed by atoms with E-state index in [-0.39, 0.29) is 11.3 Å². The molecule has 2 heteroatoms. The van der Waals surface area contributed by atoms with E-state index in [1.165, 1.54) is 25.7 Å². The van der Waals surface area contributed by atoms with Gasteiger partial charge in [-0.3, -0.25) is 4.79 Å². The fourth-order valence-corrected chi connectivity index (χ4v) is 2.25. The van der Waals surface area contributed by atoms with Crippen LogP contribution in [0.1, 0.15) is 52.9 Å². The van der Waals surface area contributed by atoms with Crippen LogP contribution in [0.15, 0.2) is 0 Å². The predicted molar refractivity (Wildman–Crippen MR) is 61.5 cm³/mol. The average molecular weight is 209 g/mol. The van der Waals surface area contributed by atoms with Gasteiger partial charge in [-0.15, -0.1) is 0 Å². The topological polar surface area (TPSA) is 29.1 Å². The maximum absolute atomic E-state index is 11.8. The number of nitrogens with one attached hydrogen (secondary N) is 1. The first-order valence-corrected chi connectivity index (χ1v) is 6.25. The number of carbonyl (C=O) groups excluding carboxylic acids is 1. The van der Waals surface area contributed by atoms with E-state index in [1.54, 1.807) is 0 Å². The van der Waals surface area contributed by atoms with Crippen LogP contribution in [0, 0.1) is 17.3 Å². The van der Waals surface area contributed by atoms with Crippen LogP contribution in [0.5, 0.6) is 0 Å². The summed E-state index contributed by atoms with van der Waals surface area (Å²) in [6.45, 7) is 6.36. The zero-order chi connectivity index (χ0) is 11.1. The molecule has 0 aliphatic heterocycles. The molecule has 15 heavy (non-hydrogen) atoms. The van der Waals surface area contributed by atoms with Crippen LogP contribution in [-0.4, -0.2) is 11.9 Å². The van der Waals surface area contributed by atoms with Crippen molar-refractivity contribution in [3.05, 3.63) is 0 Å². The monoisotopic (exact) mass is 209 g/mol. The molecule has 2 rings (SSSR count).